The largest absolute Gasteiger partial charge is 0.453 e. The highest BCUT2D eigenvalue weighted by Gasteiger charge is 2.46. The molecule has 2 aliphatic rings. The summed E-state index contributed by atoms with van der Waals surface area (Å²) in [5, 5.41) is 2.65. The van der Waals surface area contributed by atoms with Crippen molar-refractivity contribution in [1.29, 1.82) is 0 Å². The number of rotatable bonds is 3. The Morgan fingerprint density at radius 3 is 3.00 bits per heavy atom. The molecule has 2 rings (SSSR count). The maximum absolute atomic E-state index is 10.8. The average molecular weight is 196 g/mol. The third kappa shape index (κ3) is 1.69. The lowest BCUT2D eigenvalue weighted by Gasteiger charge is -2.22. The number of hydrogen-bond acceptors (Lipinski definition) is 3. The number of piperidine rings is 1. The molecule has 1 saturated carbocycles. The van der Waals surface area contributed by atoms with Gasteiger partial charge in [0.05, 0.1) is 13.7 Å². The van der Waals surface area contributed by atoms with Crippen molar-refractivity contribution in [3.63, 3.8) is 0 Å². The number of methoxy groups -OCH3 is 1. The summed E-state index contributed by atoms with van der Waals surface area (Å²) < 4.78 is 4.49. The van der Waals surface area contributed by atoms with Gasteiger partial charge in [0.1, 0.15) is 0 Å². The van der Waals surface area contributed by atoms with Crippen LogP contribution < -0.4 is 5.32 Å². The Balaban J connectivity index is 1.75. The number of alkyl carbamates (subject to hydrolysis) is 1. The molecule has 0 radical (unpaired) electrons. The predicted molar refractivity (Wildman–Crippen MR) is 52.8 cm³/mol. The monoisotopic (exact) mass is 196 g/mol. The molecule has 14 heavy (non-hydrogen) atoms. The molecule has 2 unspecified atom stereocenters. The van der Waals surface area contributed by atoms with E-state index in [1.54, 1.807) is 0 Å². The second-order valence-corrected chi connectivity index (χ2v) is 3.96. The minimum Gasteiger partial charge on any atom is -0.453 e. The third-order valence-electron chi connectivity index (χ3n) is 3.05. The van der Waals surface area contributed by atoms with Crippen LogP contribution in [0.4, 0.5) is 4.79 Å². The molecule has 0 aromatic carbocycles. The van der Waals surface area contributed by atoms with Gasteiger partial charge in [0.15, 0.2) is 0 Å². The summed E-state index contributed by atoms with van der Waals surface area (Å²) in [7, 11) is 1.37. The molecule has 1 saturated heterocycles. The zero-order chi connectivity index (χ0) is 10.1. The second-order valence-electron chi connectivity index (χ2n) is 3.96. The van der Waals surface area contributed by atoms with Crippen LogP contribution >= 0.6 is 0 Å². The Kier molecular flexibility index (Phi) is 2.35. The van der Waals surface area contributed by atoms with Crippen molar-refractivity contribution >= 4 is 6.09 Å². The summed E-state index contributed by atoms with van der Waals surface area (Å²) in [4.78, 5) is 13.1. The van der Waals surface area contributed by atoms with Gasteiger partial charge in [-0.2, -0.15) is 0 Å². The molecule has 1 aliphatic heterocycles. The van der Waals surface area contributed by atoms with Gasteiger partial charge in [0, 0.05) is 18.3 Å². The molecular formula is C10H16N2O2. The van der Waals surface area contributed by atoms with Crippen LogP contribution in [-0.4, -0.2) is 37.2 Å². The molecule has 1 aliphatic carbocycles. The molecule has 4 nitrogen and oxygen atoms in total. The summed E-state index contributed by atoms with van der Waals surface area (Å²) in [6.45, 7) is 5.57. The van der Waals surface area contributed by atoms with Crippen LogP contribution in [0, 0.1) is 5.92 Å². The highest BCUT2D eigenvalue weighted by Crippen LogP contribution is 2.45. The number of ether oxygens (including phenoxy) is 1. The maximum atomic E-state index is 10.8. The van der Waals surface area contributed by atoms with E-state index in [9.17, 15) is 4.79 Å². The number of carbonyl (C=O) groups excluding carboxylic acids is 1. The third-order valence-corrected chi connectivity index (χ3v) is 3.05. The fraction of sp³-hybridized carbons (Fsp3) is 0.700. The van der Waals surface area contributed by atoms with Gasteiger partial charge in [-0.15, -0.1) is 0 Å². The van der Waals surface area contributed by atoms with E-state index < -0.39 is 6.09 Å². The molecule has 0 spiro atoms. The van der Waals surface area contributed by atoms with Crippen LogP contribution in [-0.2, 0) is 4.74 Å². The number of amides is 1. The molecule has 78 valence electrons. The van der Waals surface area contributed by atoms with E-state index in [4.69, 9.17) is 0 Å². The zero-order valence-corrected chi connectivity index (χ0v) is 8.45. The maximum Gasteiger partial charge on any atom is 0.407 e. The van der Waals surface area contributed by atoms with Gasteiger partial charge in [-0.05, 0) is 18.8 Å². The Hall–Kier alpha value is -1.19. The number of hydrogen-bond donors (Lipinski definition) is 1. The fourth-order valence-corrected chi connectivity index (χ4v) is 2.13. The summed E-state index contributed by atoms with van der Waals surface area (Å²) in [5.41, 5.74) is 1.00. The van der Waals surface area contributed by atoms with E-state index in [0.717, 1.165) is 18.2 Å². The number of nitrogens with zero attached hydrogens (tertiary/aromatic N) is 1. The Morgan fingerprint density at radius 1 is 1.71 bits per heavy atom. The first-order valence-electron chi connectivity index (χ1n) is 4.98. The highest BCUT2D eigenvalue weighted by atomic mass is 16.5. The molecule has 1 N–H and O–H groups in total. The molecule has 1 amide bonds. The number of fused-ring (bicyclic) bond motifs is 1. The van der Waals surface area contributed by atoms with Crippen LogP contribution in [0.2, 0.25) is 0 Å². The first-order chi connectivity index (χ1) is 6.72. The van der Waals surface area contributed by atoms with Crippen LogP contribution in [0.25, 0.3) is 0 Å². The lowest BCUT2D eigenvalue weighted by atomic mass is 10.3. The summed E-state index contributed by atoms with van der Waals surface area (Å²) in [5.74, 6) is 0.893. The Bertz CT molecular complexity index is 265. The highest BCUT2D eigenvalue weighted by molar-refractivity contribution is 5.67. The van der Waals surface area contributed by atoms with Crippen molar-refractivity contribution in [2.75, 3.05) is 20.2 Å². The Morgan fingerprint density at radius 2 is 2.50 bits per heavy atom. The normalized spacial score (nSPS) is 28.2. The molecule has 2 atom stereocenters. The SMILES string of the molecule is C=C(CNC(=O)OC)N1CCC2CC21. The first-order valence-corrected chi connectivity index (χ1v) is 4.98. The quantitative estimate of drug-likeness (QED) is 0.730. The minimum absolute atomic E-state index is 0.391. The van der Waals surface area contributed by atoms with Crippen LogP contribution in [0.15, 0.2) is 12.3 Å². The number of nitrogens with one attached hydrogen (secondary N) is 1. The average Bonchev–Trinajstić information content (AvgIpc) is 2.86. The number of carbonyl (C=O) groups is 1. The van der Waals surface area contributed by atoms with E-state index in [1.807, 2.05) is 0 Å². The fourth-order valence-electron chi connectivity index (χ4n) is 2.13. The molecule has 1 heterocycles. The lowest BCUT2D eigenvalue weighted by Crippen LogP contribution is -2.32. The lowest BCUT2D eigenvalue weighted by molar-refractivity contribution is 0.171. The van der Waals surface area contributed by atoms with Crippen LogP contribution in [0.1, 0.15) is 12.8 Å². The second kappa shape index (κ2) is 3.52. The van der Waals surface area contributed by atoms with Crippen molar-refractivity contribution < 1.29 is 9.53 Å². The van der Waals surface area contributed by atoms with E-state index >= 15 is 0 Å². The first kappa shape index (κ1) is 9.37. The van der Waals surface area contributed by atoms with E-state index in [2.05, 4.69) is 21.5 Å². The van der Waals surface area contributed by atoms with Crippen molar-refractivity contribution in [2.45, 2.75) is 18.9 Å². The van der Waals surface area contributed by atoms with E-state index in [1.165, 1.54) is 20.0 Å². The van der Waals surface area contributed by atoms with Crippen LogP contribution in [0.3, 0.4) is 0 Å². The van der Waals surface area contributed by atoms with E-state index in [-0.39, 0.29) is 0 Å². The molecule has 0 aromatic rings. The topological polar surface area (TPSA) is 41.6 Å². The molecule has 2 fully saturated rings. The summed E-state index contributed by atoms with van der Waals surface area (Å²) in [6.07, 6.45) is 2.19. The Labute approximate surface area is 83.9 Å². The zero-order valence-electron chi connectivity index (χ0n) is 8.45. The molecule has 0 aromatic heterocycles. The molecular weight excluding hydrogens is 180 g/mol. The van der Waals surface area contributed by atoms with Gasteiger partial charge in [-0.3, -0.25) is 0 Å². The smallest absolute Gasteiger partial charge is 0.407 e. The molecule has 0 bridgehead atoms. The standard InChI is InChI=1S/C10H16N2O2/c1-7(6-11-10(13)14-2)12-4-3-8-5-9(8)12/h8-9H,1,3-6H2,2H3,(H,11,13). The van der Waals surface area contributed by atoms with Gasteiger partial charge in [0.2, 0.25) is 0 Å². The predicted octanol–water partition coefficient (Wildman–Crippen LogP) is 0.950. The summed E-state index contributed by atoms with van der Waals surface area (Å²) in [6, 6.07) is 0.710. The summed E-state index contributed by atoms with van der Waals surface area (Å²) >= 11 is 0. The molecule has 4 heteroatoms. The number of likely N-dealkylation sites (tertiary alicyclic amines) is 1. The minimum atomic E-state index is -0.391. The van der Waals surface area contributed by atoms with Crippen molar-refractivity contribution in [3.8, 4) is 0 Å². The van der Waals surface area contributed by atoms with Crippen LogP contribution in [0.5, 0.6) is 0 Å². The van der Waals surface area contributed by atoms with Crippen molar-refractivity contribution in [3.05, 3.63) is 12.3 Å². The van der Waals surface area contributed by atoms with Gasteiger partial charge in [-0.25, -0.2) is 4.79 Å². The van der Waals surface area contributed by atoms with Gasteiger partial charge in [0.25, 0.3) is 0 Å². The van der Waals surface area contributed by atoms with Gasteiger partial charge >= 0.3 is 6.09 Å². The van der Waals surface area contributed by atoms with Gasteiger partial charge < -0.3 is 15.0 Å². The van der Waals surface area contributed by atoms with Gasteiger partial charge in [-0.1, -0.05) is 6.58 Å². The van der Waals surface area contributed by atoms with Crippen molar-refractivity contribution in [2.24, 2.45) is 5.92 Å². The van der Waals surface area contributed by atoms with E-state index in [0.29, 0.717) is 12.6 Å². The van der Waals surface area contributed by atoms with Crippen molar-refractivity contribution in [1.82, 2.24) is 10.2 Å².